The SMILES string of the molecule is COc1ccc2c(CN(C)c3cc(C)cc(C)c3)cc(=O)oc2c1. The predicted octanol–water partition coefficient (Wildman–Crippen LogP) is 4.05. The molecule has 124 valence electrons. The summed E-state index contributed by atoms with van der Waals surface area (Å²) < 4.78 is 10.5. The maximum Gasteiger partial charge on any atom is 0.336 e. The van der Waals surface area contributed by atoms with Crippen molar-refractivity contribution in [2.45, 2.75) is 20.4 Å². The molecule has 3 rings (SSSR count). The molecule has 0 unspecified atom stereocenters. The second-order valence-corrected chi connectivity index (χ2v) is 6.15. The number of ether oxygens (including phenoxy) is 1. The molecular weight excluding hydrogens is 302 g/mol. The van der Waals surface area contributed by atoms with Crippen molar-refractivity contribution < 1.29 is 9.15 Å². The Hall–Kier alpha value is -2.75. The van der Waals surface area contributed by atoms with Gasteiger partial charge in [-0.1, -0.05) is 6.07 Å². The zero-order valence-corrected chi connectivity index (χ0v) is 14.4. The first-order chi connectivity index (χ1) is 11.5. The van der Waals surface area contributed by atoms with E-state index in [0.29, 0.717) is 17.9 Å². The highest BCUT2D eigenvalue weighted by atomic mass is 16.5. The number of hydrogen-bond donors (Lipinski definition) is 0. The van der Waals surface area contributed by atoms with E-state index in [9.17, 15) is 4.79 Å². The first-order valence-corrected chi connectivity index (χ1v) is 7.86. The van der Waals surface area contributed by atoms with Gasteiger partial charge in [0.15, 0.2) is 0 Å². The summed E-state index contributed by atoms with van der Waals surface area (Å²) >= 11 is 0. The number of nitrogens with zero attached hydrogens (tertiary/aromatic N) is 1. The Labute approximate surface area is 141 Å². The van der Waals surface area contributed by atoms with Crippen LogP contribution in [0.5, 0.6) is 5.75 Å². The zero-order chi connectivity index (χ0) is 17.3. The van der Waals surface area contributed by atoms with Crippen LogP contribution in [0.25, 0.3) is 11.0 Å². The monoisotopic (exact) mass is 323 g/mol. The van der Waals surface area contributed by atoms with E-state index in [1.165, 1.54) is 11.1 Å². The van der Waals surface area contributed by atoms with Crippen LogP contribution in [0, 0.1) is 13.8 Å². The molecule has 0 amide bonds. The van der Waals surface area contributed by atoms with Crippen molar-refractivity contribution in [1.29, 1.82) is 0 Å². The van der Waals surface area contributed by atoms with Gasteiger partial charge in [0.2, 0.25) is 0 Å². The molecule has 24 heavy (non-hydrogen) atoms. The van der Waals surface area contributed by atoms with Gasteiger partial charge in [0, 0.05) is 36.8 Å². The van der Waals surface area contributed by atoms with Crippen molar-refractivity contribution >= 4 is 16.7 Å². The number of aryl methyl sites for hydroxylation is 2. The quantitative estimate of drug-likeness (QED) is 0.679. The van der Waals surface area contributed by atoms with Crippen molar-refractivity contribution in [1.82, 2.24) is 0 Å². The second-order valence-electron chi connectivity index (χ2n) is 6.15. The van der Waals surface area contributed by atoms with E-state index >= 15 is 0 Å². The second kappa shape index (κ2) is 6.40. The summed E-state index contributed by atoms with van der Waals surface area (Å²) in [5, 5.41) is 0.923. The lowest BCUT2D eigenvalue weighted by Crippen LogP contribution is -2.18. The molecule has 0 N–H and O–H groups in total. The first-order valence-electron chi connectivity index (χ1n) is 7.86. The molecule has 0 aliphatic carbocycles. The van der Waals surface area contributed by atoms with Crippen LogP contribution < -0.4 is 15.3 Å². The highest BCUT2D eigenvalue weighted by Crippen LogP contribution is 2.25. The van der Waals surface area contributed by atoms with Gasteiger partial charge in [-0.3, -0.25) is 0 Å². The van der Waals surface area contributed by atoms with E-state index in [1.54, 1.807) is 19.2 Å². The Morgan fingerprint density at radius 2 is 1.75 bits per heavy atom. The van der Waals surface area contributed by atoms with Crippen molar-refractivity contribution in [2.24, 2.45) is 0 Å². The minimum Gasteiger partial charge on any atom is -0.497 e. The molecule has 4 heteroatoms. The molecule has 0 radical (unpaired) electrons. The van der Waals surface area contributed by atoms with Gasteiger partial charge in [-0.2, -0.15) is 0 Å². The molecule has 0 fully saturated rings. The number of anilines is 1. The van der Waals surface area contributed by atoms with Crippen molar-refractivity contribution in [3.05, 3.63) is 69.6 Å². The zero-order valence-electron chi connectivity index (χ0n) is 14.4. The highest BCUT2D eigenvalue weighted by molar-refractivity contribution is 5.81. The molecule has 0 spiro atoms. The largest absolute Gasteiger partial charge is 0.497 e. The third-order valence-electron chi connectivity index (χ3n) is 4.09. The van der Waals surface area contributed by atoms with Gasteiger partial charge in [-0.05, 0) is 54.8 Å². The van der Waals surface area contributed by atoms with E-state index in [0.717, 1.165) is 16.6 Å². The Morgan fingerprint density at radius 3 is 2.42 bits per heavy atom. The van der Waals surface area contributed by atoms with E-state index in [2.05, 4.69) is 36.9 Å². The van der Waals surface area contributed by atoms with Crippen molar-refractivity contribution in [2.75, 3.05) is 19.1 Å². The fourth-order valence-corrected chi connectivity index (χ4v) is 2.99. The smallest absolute Gasteiger partial charge is 0.336 e. The summed E-state index contributed by atoms with van der Waals surface area (Å²) in [6.45, 7) is 4.80. The number of benzene rings is 2. The Morgan fingerprint density at radius 1 is 1.04 bits per heavy atom. The van der Waals surface area contributed by atoms with Gasteiger partial charge in [0.25, 0.3) is 0 Å². The van der Waals surface area contributed by atoms with E-state index in [4.69, 9.17) is 9.15 Å². The lowest BCUT2D eigenvalue weighted by atomic mass is 10.1. The molecule has 0 saturated carbocycles. The van der Waals surface area contributed by atoms with Crippen molar-refractivity contribution in [3.8, 4) is 5.75 Å². The fourth-order valence-electron chi connectivity index (χ4n) is 2.99. The van der Waals surface area contributed by atoms with Gasteiger partial charge >= 0.3 is 5.63 Å². The predicted molar refractivity (Wildman–Crippen MR) is 97.1 cm³/mol. The molecule has 4 nitrogen and oxygen atoms in total. The van der Waals surface area contributed by atoms with Gasteiger partial charge < -0.3 is 14.1 Å². The van der Waals surface area contributed by atoms with Crippen LogP contribution in [-0.4, -0.2) is 14.2 Å². The van der Waals surface area contributed by atoms with Crippen LogP contribution in [0.3, 0.4) is 0 Å². The molecule has 2 aromatic carbocycles. The van der Waals surface area contributed by atoms with E-state index in [1.807, 2.05) is 19.2 Å². The summed E-state index contributed by atoms with van der Waals surface area (Å²) in [7, 11) is 3.62. The lowest BCUT2D eigenvalue weighted by Gasteiger charge is -2.21. The van der Waals surface area contributed by atoms with E-state index < -0.39 is 0 Å². The summed E-state index contributed by atoms with van der Waals surface area (Å²) in [6, 6.07) is 13.6. The molecule has 1 aromatic heterocycles. The summed E-state index contributed by atoms with van der Waals surface area (Å²) in [5.41, 5.74) is 4.70. The molecular formula is C20H21NO3. The molecule has 3 aromatic rings. The number of fused-ring (bicyclic) bond motifs is 1. The molecule has 0 bridgehead atoms. The standard InChI is InChI=1S/C20H21NO3/c1-13-7-14(2)9-16(8-13)21(3)12-15-10-20(22)24-19-11-17(23-4)5-6-18(15)19/h5-11H,12H2,1-4H3. The van der Waals surface area contributed by atoms with Crippen LogP contribution >= 0.6 is 0 Å². The Bertz CT molecular complexity index is 923. The summed E-state index contributed by atoms with van der Waals surface area (Å²) in [6.07, 6.45) is 0. The maximum atomic E-state index is 11.9. The van der Waals surface area contributed by atoms with Gasteiger partial charge in [0.05, 0.1) is 7.11 Å². The molecule has 0 saturated heterocycles. The third-order valence-corrected chi connectivity index (χ3v) is 4.09. The molecule has 0 aliphatic rings. The summed E-state index contributed by atoms with van der Waals surface area (Å²) in [5.74, 6) is 0.672. The van der Waals surface area contributed by atoms with Gasteiger partial charge in [0.1, 0.15) is 11.3 Å². The van der Waals surface area contributed by atoms with Crippen LogP contribution in [0.2, 0.25) is 0 Å². The number of methoxy groups -OCH3 is 1. The van der Waals surface area contributed by atoms with Crippen LogP contribution in [-0.2, 0) is 6.54 Å². The lowest BCUT2D eigenvalue weighted by molar-refractivity contribution is 0.414. The Kier molecular flexibility index (Phi) is 4.30. The average molecular weight is 323 g/mol. The first kappa shape index (κ1) is 16.1. The topological polar surface area (TPSA) is 42.7 Å². The molecule has 1 heterocycles. The van der Waals surface area contributed by atoms with Crippen LogP contribution in [0.4, 0.5) is 5.69 Å². The van der Waals surface area contributed by atoms with Crippen LogP contribution in [0.1, 0.15) is 16.7 Å². The molecule has 0 atom stereocenters. The summed E-state index contributed by atoms with van der Waals surface area (Å²) in [4.78, 5) is 14.0. The molecule has 0 aliphatic heterocycles. The van der Waals surface area contributed by atoms with Crippen molar-refractivity contribution in [3.63, 3.8) is 0 Å². The van der Waals surface area contributed by atoms with Gasteiger partial charge in [-0.25, -0.2) is 4.79 Å². The van der Waals surface area contributed by atoms with Gasteiger partial charge in [-0.15, -0.1) is 0 Å². The number of rotatable bonds is 4. The minimum absolute atomic E-state index is 0.348. The number of hydrogen-bond acceptors (Lipinski definition) is 4. The fraction of sp³-hybridized carbons (Fsp3) is 0.250. The minimum atomic E-state index is -0.348. The normalized spacial score (nSPS) is 10.8. The Balaban J connectivity index is 2.01. The van der Waals surface area contributed by atoms with E-state index in [-0.39, 0.29) is 5.63 Å². The third kappa shape index (κ3) is 3.27. The highest BCUT2D eigenvalue weighted by Gasteiger charge is 2.10. The van der Waals surface area contributed by atoms with Crippen LogP contribution in [0.15, 0.2) is 51.7 Å². The average Bonchev–Trinajstić information content (AvgIpc) is 2.53. The maximum absolute atomic E-state index is 11.9.